The summed E-state index contributed by atoms with van der Waals surface area (Å²) < 4.78 is 7.82. The van der Waals surface area contributed by atoms with Gasteiger partial charge in [-0.2, -0.15) is 0 Å². The third-order valence-electron chi connectivity index (χ3n) is 4.71. The molecule has 7 nitrogen and oxygen atoms in total. The van der Waals surface area contributed by atoms with Gasteiger partial charge in [-0.25, -0.2) is 0 Å². The monoisotopic (exact) mass is 327 g/mol. The van der Waals surface area contributed by atoms with E-state index in [1.165, 1.54) is 6.42 Å². The predicted molar refractivity (Wildman–Crippen MR) is 86.4 cm³/mol. The highest BCUT2D eigenvalue weighted by Gasteiger charge is 2.30. The normalized spacial score (nSPS) is 21.2. The minimum atomic E-state index is -0.136. The highest BCUT2D eigenvalue weighted by molar-refractivity contribution is 5.90. The number of hydrogen-bond acceptors (Lipinski definition) is 5. The summed E-state index contributed by atoms with van der Waals surface area (Å²) in [4.78, 5) is 18.9. The van der Waals surface area contributed by atoms with E-state index in [-0.39, 0.29) is 12.0 Å². The van der Waals surface area contributed by atoms with Crippen LogP contribution in [0.15, 0.2) is 24.5 Å². The first-order valence-electron chi connectivity index (χ1n) is 8.56. The van der Waals surface area contributed by atoms with Crippen molar-refractivity contribution in [2.24, 2.45) is 0 Å². The number of morpholine rings is 1. The molecule has 0 aliphatic carbocycles. The number of hydrogen-bond donors (Lipinski definition) is 0. The Morgan fingerprint density at radius 2 is 2.17 bits per heavy atom. The number of carbonyl (C=O) groups is 1. The molecule has 0 unspecified atom stereocenters. The molecule has 0 N–H and O–H groups in total. The minimum absolute atomic E-state index is 0.0483. The van der Waals surface area contributed by atoms with Crippen molar-refractivity contribution in [2.75, 3.05) is 19.7 Å². The third kappa shape index (κ3) is 2.91. The van der Waals surface area contributed by atoms with Crippen LogP contribution in [-0.4, -0.2) is 50.3 Å². The summed E-state index contributed by atoms with van der Waals surface area (Å²) in [6.07, 6.45) is 7.67. The van der Waals surface area contributed by atoms with Crippen molar-refractivity contribution in [1.82, 2.24) is 24.6 Å². The predicted octanol–water partition coefficient (Wildman–Crippen LogP) is 1.61. The van der Waals surface area contributed by atoms with Gasteiger partial charge in [-0.05, 0) is 18.9 Å². The van der Waals surface area contributed by atoms with Crippen LogP contribution in [0.4, 0.5) is 0 Å². The van der Waals surface area contributed by atoms with Crippen LogP contribution >= 0.6 is 0 Å². The molecule has 4 rings (SSSR count). The largest absolute Gasteiger partial charge is 0.370 e. The Morgan fingerprint density at radius 3 is 3.04 bits per heavy atom. The first-order chi connectivity index (χ1) is 11.8. The van der Waals surface area contributed by atoms with Crippen molar-refractivity contribution in [3.8, 4) is 0 Å². The molecule has 1 atom stereocenters. The molecule has 4 heterocycles. The molecule has 2 aliphatic rings. The van der Waals surface area contributed by atoms with Gasteiger partial charge in [0.15, 0.2) is 0 Å². The van der Waals surface area contributed by atoms with E-state index in [0.717, 1.165) is 37.2 Å². The van der Waals surface area contributed by atoms with E-state index in [2.05, 4.69) is 15.2 Å². The van der Waals surface area contributed by atoms with Crippen molar-refractivity contribution in [3.63, 3.8) is 0 Å². The summed E-state index contributed by atoms with van der Waals surface area (Å²) in [7, 11) is 0. The lowest BCUT2D eigenvalue weighted by molar-refractivity contribution is -0.0235. The number of ether oxygens (including phenoxy) is 1. The van der Waals surface area contributed by atoms with Gasteiger partial charge in [0.25, 0.3) is 5.91 Å². The Bertz CT molecular complexity index is 715. The average Bonchev–Trinajstić information content (AvgIpc) is 2.90. The Hall–Kier alpha value is -2.28. The van der Waals surface area contributed by atoms with Gasteiger partial charge in [0.1, 0.15) is 11.9 Å². The van der Waals surface area contributed by atoms with Crippen LogP contribution in [0.3, 0.4) is 0 Å². The maximum absolute atomic E-state index is 13.0. The fourth-order valence-corrected chi connectivity index (χ4v) is 3.39. The Morgan fingerprint density at radius 1 is 1.21 bits per heavy atom. The lowest BCUT2D eigenvalue weighted by Gasteiger charge is -2.32. The second-order valence-electron chi connectivity index (χ2n) is 6.30. The molecule has 7 heteroatoms. The lowest BCUT2D eigenvalue weighted by atomic mass is 10.1. The molecule has 0 saturated carbocycles. The molecular formula is C17H21N5O2. The first kappa shape index (κ1) is 15.3. The van der Waals surface area contributed by atoms with Gasteiger partial charge in [-0.1, -0.05) is 12.5 Å². The fraction of sp³-hybridized carbons (Fsp3) is 0.529. The van der Waals surface area contributed by atoms with Gasteiger partial charge in [0, 0.05) is 37.5 Å². The summed E-state index contributed by atoms with van der Waals surface area (Å²) in [6.45, 7) is 2.45. The number of nitrogens with zero attached hydrogens (tertiary/aromatic N) is 5. The van der Waals surface area contributed by atoms with Crippen LogP contribution in [0.25, 0.3) is 0 Å². The SMILES string of the molecule is O=C(c1nnc2n1CCCCC2)N1CCO[C@H](c2cccnc2)C1. The molecule has 0 bridgehead atoms. The standard InChI is InChI=1S/C17H21N5O2/c23-17(16-20-19-15-6-2-1-3-8-22(15)16)21-9-10-24-14(12-21)13-5-4-7-18-11-13/h4-5,7,11,14H,1-3,6,8-10,12H2/t14-/m0/s1. The summed E-state index contributed by atoms with van der Waals surface area (Å²) in [5.74, 6) is 1.36. The molecule has 1 fully saturated rings. The smallest absolute Gasteiger partial charge is 0.291 e. The van der Waals surface area contributed by atoms with E-state index < -0.39 is 0 Å². The van der Waals surface area contributed by atoms with Crippen LogP contribution in [0.5, 0.6) is 0 Å². The van der Waals surface area contributed by atoms with Crippen LogP contribution in [-0.2, 0) is 17.7 Å². The molecule has 2 aromatic rings. The lowest BCUT2D eigenvalue weighted by Crippen LogP contribution is -2.43. The van der Waals surface area contributed by atoms with E-state index in [1.54, 1.807) is 12.4 Å². The highest BCUT2D eigenvalue weighted by Crippen LogP contribution is 2.23. The van der Waals surface area contributed by atoms with Crippen molar-refractivity contribution >= 4 is 5.91 Å². The number of rotatable bonds is 2. The van der Waals surface area contributed by atoms with Crippen LogP contribution in [0, 0.1) is 0 Å². The molecule has 0 aromatic carbocycles. The minimum Gasteiger partial charge on any atom is -0.370 e. The molecule has 2 aliphatic heterocycles. The second-order valence-corrected chi connectivity index (χ2v) is 6.30. The molecule has 2 aromatic heterocycles. The average molecular weight is 327 g/mol. The topological polar surface area (TPSA) is 73.1 Å². The van der Waals surface area contributed by atoms with Gasteiger partial charge in [-0.3, -0.25) is 9.78 Å². The zero-order valence-electron chi connectivity index (χ0n) is 13.6. The maximum Gasteiger partial charge on any atom is 0.291 e. The van der Waals surface area contributed by atoms with E-state index >= 15 is 0 Å². The van der Waals surface area contributed by atoms with E-state index in [0.29, 0.717) is 25.5 Å². The Labute approximate surface area is 140 Å². The van der Waals surface area contributed by atoms with Crippen molar-refractivity contribution < 1.29 is 9.53 Å². The van der Waals surface area contributed by atoms with Gasteiger partial charge in [0.05, 0.1) is 13.2 Å². The summed E-state index contributed by atoms with van der Waals surface area (Å²) in [5.41, 5.74) is 0.995. The van der Waals surface area contributed by atoms with Crippen molar-refractivity contribution in [3.05, 3.63) is 41.7 Å². The zero-order chi connectivity index (χ0) is 16.4. The van der Waals surface area contributed by atoms with Gasteiger partial charge in [0.2, 0.25) is 5.82 Å². The molecular weight excluding hydrogens is 306 g/mol. The van der Waals surface area contributed by atoms with Crippen molar-refractivity contribution in [1.29, 1.82) is 0 Å². The van der Waals surface area contributed by atoms with Crippen LogP contribution < -0.4 is 0 Å². The van der Waals surface area contributed by atoms with Crippen molar-refractivity contribution in [2.45, 2.75) is 38.3 Å². The summed E-state index contributed by atoms with van der Waals surface area (Å²) in [6, 6.07) is 3.87. The van der Waals surface area contributed by atoms with E-state index in [4.69, 9.17) is 4.74 Å². The number of fused-ring (bicyclic) bond motifs is 1. The highest BCUT2D eigenvalue weighted by atomic mass is 16.5. The molecule has 0 spiro atoms. The number of aryl methyl sites for hydroxylation is 1. The van der Waals surface area contributed by atoms with E-state index in [1.807, 2.05) is 21.6 Å². The zero-order valence-corrected chi connectivity index (χ0v) is 13.6. The third-order valence-corrected chi connectivity index (χ3v) is 4.71. The Kier molecular flexibility index (Phi) is 4.25. The number of aromatic nitrogens is 4. The quantitative estimate of drug-likeness (QED) is 0.838. The summed E-state index contributed by atoms with van der Waals surface area (Å²) >= 11 is 0. The maximum atomic E-state index is 13.0. The number of amides is 1. The van der Waals surface area contributed by atoms with Crippen LogP contribution in [0.2, 0.25) is 0 Å². The molecule has 0 radical (unpaired) electrons. The van der Waals surface area contributed by atoms with Crippen LogP contribution in [0.1, 0.15) is 47.4 Å². The Balaban J connectivity index is 1.53. The molecule has 1 saturated heterocycles. The van der Waals surface area contributed by atoms with E-state index in [9.17, 15) is 4.79 Å². The second kappa shape index (κ2) is 6.68. The molecule has 126 valence electrons. The molecule has 24 heavy (non-hydrogen) atoms. The first-order valence-corrected chi connectivity index (χ1v) is 8.56. The summed E-state index contributed by atoms with van der Waals surface area (Å²) in [5, 5.41) is 8.42. The van der Waals surface area contributed by atoms with Gasteiger partial charge >= 0.3 is 0 Å². The molecule has 1 amide bonds. The number of pyridine rings is 1. The van der Waals surface area contributed by atoms with Gasteiger partial charge < -0.3 is 14.2 Å². The number of carbonyl (C=O) groups excluding carboxylic acids is 1. The van der Waals surface area contributed by atoms with Gasteiger partial charge in [-0.15, -0.1) is 10.2 Å². The fourth-order valence-electron chi connectivity index (χ4n) is 3.39.